The monoisotopic (exact) mass is 245 g/mol. The van der Waals surface area contributed by atoms with E-state index in [9.17, 15) is 4.39 Å². The molecule has 0 amide bonds. The highest BCUT2D eigenvalue weighted by Gasteiger charge is 1.97. The van der Waals surface area contributed by atoms with Crippen molar-refractivity contribution in [2.24, 2.45) is 5.73 Å². The third-order valence-corrected chi connectivity index (χ3v) is 2.69. The maximum Gasteiger partial charge on any atom is 0.123 e. The Balaban J connectivity index is 1.84. The molecule has 0 fully saturated rings. The summed E-state index contributed by atoms with van der Waals surface area (Å²) in [6.45, 7) is 1.47. The second-order valence-electron chi connectivity index (χ2n) is 4.14. The van der Waals surface area contributed by atoms with Gasteiger partial charge in [0.25, 0.3) is 0 Å². The molecule has 2 N–H and O–H groups in total. The van der Waals surface area contributed by atoms with Crippen molar-refractivity contribution >= 4 is 0 Å². The molecule has 2 aromatic rings. The van der Waals surface area contributed by atoms with Crippen molar-refractivity contribution in [1.29, 1.82) is 0 Å². The summed E-state index contributed by atoms with van der Waals surface area (Å²) in [7, 11) is 0. The molecule has 0 unspecified atom stereocenters. The van der Waals surface area contributed by atoms with Crippen molar-refractivity contribution in [3.8, 4) is 0 Å². The molecular weight excluding hydrogens is 229 g/mol. The van der Waals surface area contributed by atoms with Gasteiger partial charge >= 0.3 is 0 Å². The molecule has 0 heterocycles. The van der Waals surface area contributed by atoms with Crippen LogP contribution in [0.2, 0.25) is 0 Å². The van der Waals surface area contributed by atoms with Crippen LogP contribution in [0.15, 0.2) is 48.5 Å². The number of nitrogens with two attached hydrogens (primary N) is 1. The molecule has 18 heavy (non-hydrogen) atoms. The molecule has 2 rings (SSSR count). The lowest BCUT2D eigenvalue weighted by Crippen LogP contribution is -1.97. The number of benzene rings is 2. The molecule has 0 atom stereocenters. The zero-order valence-corrected chi connectivity index (χ0v) is 10.1. The molecule has 0 saturated carbocycles. The summed E-state index contributed by atoms with van der Waals surface area (Å²) < 4.78 is 18.5. The lowest BCUT2D eigenvalue weighted by Gasteiger charge is -2.05. The van der Waals surface area contributed by atoms with Gasteiger partial charge in [0.1, 0.15) is 5.82 Å². The van der Waals surface area contributed by atoms with Crippen LogP contribution in [0.1, 0.15) is 16.7 Å². The van der Waals surface area contributed by atoms with Gasteiger partial charge in [-0.3, -0.25) is 0 Å². The van der Waals surface area contributed by atoms with Crippen LogP contribution in [0, 0.1) is 5.82 Å². The lowest BCUT2D eigenvalue weighted by atomic mass is 10.1. The second kappa shape index (κ2) is 6.28. The molecule has 0 aliphatic rings. The molecule has 0 spiro atoms. The lowest BCUT2D eigenvalue weighted by molar-refractivity contribution is 0.107. The Kier molecular flexibility index (Phi) is 4.45. The van der Waals surface area contributed by atoms with Gasteiger partial charge in [0.05, 0.1) is 13.2 Å². The van der Waals surface area contributed by atoms with Crippen molar-refractivity contribution in [2.45, 2.75) is 19.8 Å². The number of halogens is 1. The summed E-state index contributed by atoms with van der Waals surface area (Å²) in [6.07, 6.45) is 0. The molecule has 2 nitrogen and oxygen atoms in total. The van der Waals surface area contributed by atoms with Crippen LogP contribution in [0.3, 0.4) is 0 Å². The molecule has 3 heteroatoms. The molecule has 2 aromatic carbocycles. The number of hydrogen-bond acceptors (Lipinski definition) is 2. The van der Waals surface area contributed by atoms with Gasteiger partial charge in [0.15, 0.2) is 0 Å². The van der Waals surface area contributed by atoms with Crippen LogP contribution in [0.25, 0.3) is 0 Å². The zero-order chi connectivity index (χ0) is 12.8. The minimum Gasteiger partial charge on any atom is -0.372 e. The summed E-state index contributed by atoms with van der Waals surface area (Å²) in [4.78, 5) is 0. The van der Waals surface area contributed by atoms with Crippen LogP contribution in [0.5, 0.6) is 0 Å². The minimum atomic E-state index is -0.233. The topological polar surface area (TPSA) is 35.2 Å². The molecule has 0 radical (unpaired) electrons. The Morgan fingerprint density at radius 2 is 1.56 bits per heavy atom. The van der Waals surface area contributed by atoms with Crippen molar-refractivity contribution in [3.63, 3.8) is 0 Å². The first-order valence-electron chi connectivity index (χ1n) is 5.88. The molecule has 0 aromatic heterocycles. The van der Waals surface area contributed by atoms with Crippen molar-refractivity contribution in [2.75, 3.05) is 0 Å². The normalized spacial score (nSPS) is 10.6. The zero-order valence-electron chi connectivity index (χ0n) is 10.1. The highest BCUT2D eigenvalue weighted by Crippen LogP contribution is 2.09. The van der Waals surface area contributed by atoms with Crippen molar-refractivity contribution in [3.05, 3.63) is 71.0 Å². The predicted octanol–water partition coefficient (Wildman–Crippen LogP) is 3.00. The highest BCUT2D eigenvalue weighted by atomic mass is 19.1. The molecular formula is C15H16FNO. The predicted molar refractivity (Wildman–Crippen MR) is 69.2 cm³/mol. The SMILES string of the molecule is NCc1ccc(COCc2cccc(F)c2)cc1. The quantitative estimate of drug-likeness (QED) is 0.878. The first-order chi connectivity index (χ1) is 8.78. The number of ether oxygens (including phenoxy) is 1. The minimum absolute atomic E-state index is 0.233. The van der Waals surface area contributed by atoms with E-state index in [0.29, 0.717) is 19.8 Å². The van der Waals surface area contributed by atoms with Gasteiger partial charge in [-0.15, -0.1) is 0 Å². The van der Waals surface area contributed by atoms with E-state index in [1.165, 1.54) is 12.1 Å². The van der Waals surface area contributed by atoms with E-state index in [2.05, 4.69) is 0 Å². The Morgan fingerprint density at radius 1 is 0.889 bits per heavy atom. The van der Waals surface area contributed by atoms with Gasteiger partial charge in [-0.25, -0.2) is 4.39 Å². The van der Waals surface area contributed by atoms with Gasteiger partial charge in [0, 0.05) is 6.54 Å². The maximum atomic E-state index is 12.9. The van der Waals surface area contributed by atoms with Crippen LogP contribution < -0.4 is 5.73 Å². The number of rotatable bonds is 5. The van der Waals surface area contributed by atoms with E-state index in [0.717, 1.165) is 16.7 Å². The Hall–Kier alpha value is -1.71. The smallest absolute Gasteiger partial charge is 0.123 e. The Morgan fingerprint density at radius 3 is 2.22 bits per heavy atom. The average molecular weight is 245 g/mol. The van der Waals surface area contributed by atoms with Gasteiger partial charge < -0.3 is 10.5 Å². The van der Waals surface area contributed by atoms with Crippen molar-refractivity contribution in [1.82, 2.24) is 0 Å². The largest absolute Gasteiger partial charge is 0.372 e. The summed E-state index contributed by atoms with van der Waals surface area (Å²) in [5.74, 6) is -0.233. The van der Waals surface area contributed by atoms with Crippen molar-refractivity contribution < 1.29 is 9.13 Å². The molecule has 0 bridgehead atoms. The van der Waals surface area contributed by atoms with E-state index in [4.69, 9.17) is 10.5 Å². The highest BCUT2D eigenvalue weighted by molar-refractivity contribution is 5.22. The third kappa shape index (κ3) is 3.65. The van der Waals surface area contributed by atoms with E-state index >= 15 is 0 Å². The van der Waals surface area contributed by atoms with Gasteiger partial charge in [0.2, 0.25) is 0 Å². The average Bonchev–Trinajstić information content (AvgIpc) is 2.40. The fourth-order valence-corrected chi connectivity index (χ4v) is 1.69. The Bertz CT molecular complexity index is 496. The van der Waals surface area contributed by atoms with Gasteiger partial charge in [-0.1, -0.05) is 36.4 Å². The summed E-state index contributed by atoms with van der Waals surface area (Å²) in [5, 5.41) is 0. The maximum absolute atomic E-state index is 12.9. The van der Waals surface area contributed by atoms with Crippen LogP contribution in [0.4, 0.5) is 4.39 Å². The van der Waals surface area contributed by atoms with E-state index in [1.54, 1.807) is 6.07 Å². The fourth-order valence-electron chi connectivity index (χ4n) is 1.69. The summed E-state index contributed by atoms with van der Waals surface area (Å²) >= 11 is 0. The fraction of sp³-hybridized carbons (Fsp3) is 0.200. The standard InChI is InChI=1S/C15H16FNO/c16-15-3-1-2-14(8-15)11-18-10-13-6-4-12(9-17)5-7-13/h1-8H,9-11,17H2. The molecule has 0 aliphatic heterocycles. The van der Waals surface area contributed by atoms with E-state index < -0.39 is 0 Å². The molecule has 0 aliphatic carbocycles. The first-order valence-corrected chi connectivity index (χ1v) is 5.88. The number of hydrogen-bond donors (Lipinski definition) is 1. The van der Waals surface area contributed by atoms with Crippen LogP contribution >= 0.6 is 0 Å². The molecule has 0 saturated heterocycles. The van der Waals surface area contributed by atoms with Crippen LogP contribution in [-0.4, -0.2) is 0 Å². The van der Waals surface area contributed by atoms with Gasteiger partial charge in [-0.2, -0.15) is 0 Å². The summed E-state index contributed by atoms with van der Waals surface area (Å²) in [5.41, 5.74) is 8.55. The first kappa shape index (κ1) is 12.7. The van der Waals surface area contributed by atoms with Gasteiger partial charge in [-0.05, 0) is 28.8 Å². The van der Waals surface area contributed by atoms with E-state index in [1.807, 2.05) is 30.3 Å². The summed E-state index contributed by atoms with van der Waals surface area (Å²) in [6, 6.07) is 14.4. The molecule has 94 valence electrons. The third-order valence-electron chi connectivity index (χ3n) is 2.69. The Labute approximate surface area is 106 Å². The second-order valence-corrected chi connectivity index (χ2v) is 4.14. The van der Waals surface area contributed by atoms with Crippen LogP contribution in [-0.2, 0) is 24.5 Å². The van der Waals surface area contributed by atoms with E-state index in [-0.39, 0.29) is 5.82 Å².